The molecule has 3 aromatic rings. The predicted octanol–water partition coefficient (Wildman–Crippen LogP) is 2.64. The third kappa shape index (κ3) is 3.76. The minimum absolute atomic E-state index is 0.0190. The summed E-state index contributed by atoms with van der Waals surface area (Å²) in [6.07, 6.45) is 2.95. The first kappa shape index (κ1) is 22.8. The lowest BCUT2D eigenvalue weighted by Gasteiger charge is -2.48. The topological polar surface area (TPSA) is 106 Å². The Bertz CT molecular complexity index is 1320. The summed E-state index contributed by atoms with van der Waals surface area (Å²) in [5.74, 6) is -0.846. The molecule has 0 spiro atoms. The number of carboxylic acid groups (broad SMARTS) is 1. The third-order valence-electron chi connectivity index (χ3n) is 8.00. The molecule has 2 amide bonds. The molecule has 186 valence electrons. The number of hydrogen-bond acceptors (Lipinski definition) is 4. The van der Waals surface area contributed by atoms with E-state index in [1.807, 2.05) is 48.5 Å². The van der Waals surface area contributed by atoms with Gasteiger partial charge in [-0.1, -0.05) is 48.5 Å². The molecule has 0 unspecified atom stereocenters. The van der Waals surface area contributed by atoms with Gasteiger partial charge in [-0.15, -0.1) is 0 Å². The number of amides is 2. The van der Waals surface area contributed by atoms with Crippen LogP contribution in [0.15, 0.2) is 54.6 Å². The number of nitrogens with zero attached hydrogens (tertiary/aromatic N) is 2. The highest BCUT2D eigenvalue weighted by molar-refractivity contribution is 5.99. The molecule has 0 saturated carbocycles. The molecule has 4 heterocycles. The van der Waals surface area contributed by atoms with Crippen LogP contribution < -0.4 is 5.32 Å². The van der Waals surface area contributed by atoms with Gasteiger partial charge in [0.1, 0.15) is 18.1 Å². The van der Waals surface area contributed by atoms with Crippen LogP contribution in [0.2, 0.25) is 0 Å². The van der Waals surface area contributed by atoms with E-state index in [1.165, 1.54) is 0 Å². The van der Waals surface area contributed by atoms with Crippen LogP contribution in [0, 0.1) is 0 Å². The highest BCUT2D eigenvalue weighted by Gasteiger charge is 2.52. The summed E-state index contributed by atoms with van der Waals surface area (Å²) in [4.78, 5) is 46.3. The molecule has 8 heteroatoms. The van der Waals surface area contributed by atoms with Gasteiger partial charge in [-0.2, -0.15) is 0 Å². The van der Waals surface area contributed by atoms with E-state index in [4.69, 9.17) is 0 Å². The van der Waals surface area contributed by atoms with Crippen molar-refractivity contribution in [2.75, 3.05) is 13.1 Å². The third-order valence-corrected chi connectivity index (χ3v) is 8.00. The second kappa shape index (κ2) is 9.09. The van der Waals surface area contributed by atoms with Crippen molar-refractivity contribution in [3.05, 3.63) is 71.4 Å². The molecule has 36 heavy (non-hydrogen) atoms. The van der Waals surface area contributed by atoms with Crippen molar-refractivity contribution in [2.24, 2.45) is 0 Å². The van der Waals surface area contributed by atoms with E-state index in [2.05, 4.69) is 16.4 Å². The predicted molar refractivity (Wildman–Crippen MR) is 134 cm³/mol. The molecule has 0 radical (unpaired) electrons. The molecule has 0 aliphatic carbocycles. The fourth-order valence-corrected chi connectivity index (χ4v) is 6.31. The van der Waals surface area contributed by atoms with Crippen LogP contribution in [0.3, 0.4) is 0 Å². The average Bonchev–Trinajstić information content (AvgIpc) is 3.52. The van der Waals surface area contributed by atoms with Crippen LogP contribution in [-0.2, 0) is 27.2 Å². The summed E-state index contributed by atoms with van der Waals surface area (Å²) in [6, 6.07) is 15.7. The van der Waals surface area contributed by atoms with E-state index in [0.29, 0.717) is 38.8 Å². The molecule has 2 fully saturated rings. The van der Waals surface area contributed by atoms with Crippen molar-refractivity contribution >= 4 is 28.7 Å². The molecule has 3 aliphatic rings. The number of aliphatic carboxylic acids is 1. The van der Waals surface area contributed by atoms with E-state index < -0.39 is 18.1 Å². The zero-order chi connectivity index (χ0) is 24.8. The molecule has 2 aromatic carbocycles. The normalized spacial score (nSPS) is 23.9. The summed E-state index contributed by atoms with van der Waals surface area (Å²) in [7, 11) is 0. The van der Waals surface area contributed by atoms with Crippen LogP contribution in [0.25, 0.3) is 10.9 Å². The first-order valence-corrected chi connectivity index (χ1v) is 12.7. The monoisotopic (exact) mass is 486 g/mol. The van der Waals surface area contributed by atoms with E-state index in [1.54, 1.807) is 9.80 Å². The maximum absolute atomic E-state index is 13.7. The lowest BCUT2D eigenvalue weighted by molar-refractivity contribution is -0.163. The number of carbonyl (C=O) groups is 3. The van der Waals surface area contributed by atoms with Crippen LogP contribution in [0.5, 0.6) is 0 Å². The van der Waals surface area contributed by atoms with Gasteiger partial charge in [-0.05, 0) is 49.4 Å². The Morgan fingerprint density at radius 2 is 1.83 bits per heavy atom. The molecule has 4 atom stereocenters. The molecular weight excluding hydrogens is 456 g/mol. The number of piperazine rings is 1. The van der Waals surface area contributed by atoms with Gasteiger partial charge < -0.3 is 25.2 Å². The van der Waals surface area contributed by atoms with E-state index in [-0.39, 0.29) is 23.9 Å². The number of carboxylic acids is 1. The lowest BCUT2D eigenvalue weighted by Crippen LogP contribution is -2.65. The number of aromatic amines is 1. The van der Waals surface area contributed by atoms with E-state index in [9.17, 15) is 19.5 Å². The number of aromatic nitrogens is 1. The van der Waals surface area contributed by atoms with Crippen LogP contribution in [0.4, 0.5) is 0 Å². The minimum Gasteiger partial charge on any atom is -0.480 e. The van der Waals surface area contributed by atoms with Gasteiger partial charge in [0.05, 0.1) is 6.04 Å². The van der Waals surface area contributed by atoms with Crippen molar-refractivity contribution in [3.63, 3.8) is 0 Å². The zero-order valence-electron chi connectivity index (χ0n) is 20.0. The number of para-hydroxylation sites is 1. The fraction of sp³-hybridized carbons (Fsp3) is 0.393. The van der Waals surface area contributed by atoms with Crippen LogP contribution in [-0.4, -0.2) is 68.9 Å². The summed E-state index contributed by atoms with van der Waals surface area (Å²) in [5.41, 5.74) is 4.01. The second-order valence-electron chi connectivity index (χ2n) is 10.1. The van der Waals surface area contributed by atoms with Crippen molar-refractivity contribution < 1.29 is 19.5 Å². The molecule has 6 rings (SSSR count). The number of benzene rings is 2. The maximum Gasteiger partial charge on any atom is 0.321 e. The second-order valence-corrected chi connectivity index (χ2v) is 10.1. The Kier molecular flexibility index (Phi) is 5.76. The van der Waals surface area contributed by atoms with Crippen molar-refractivity contribution in [1.29, 1.82) is 0 Å². The lowest BCUT2D eigenvalue weighted by atomic mass is 9.86. The Morgan fingerprint density at radius 1 is 1.06 bits per heavy atom. The summed E-state index contributed by atoms with van der Waals surface area (Å²) in [6.45, 7) is 1.05. The van der Waals surface area contributed by atoms with Crippen molar-refractivity contribution in [2.45, 2.75) is 56.3 Å². The van der Waals surface area contributed by atoms with E-state index in [0.717, 1.165) is 34.1 Å². The molecule has 8 nitrogen and oxygen atoms in total. The standard InChI is InChI=1S/C28H30N4O4/c33-26-24-16-19-18-9-4-5-10-20(18)30-25(19)22(32(24)27(34)23-11-6-14-31(23)26)12-13-29-21(28(35)36)15-17-7-2-1-3-8-17/h1-5,7-10,21-24,29-30H,6,11-16H2,(H,35,36)/t21-,22+,23+,24+/m1/s1. The summed E-state index contributed by atoms with van der Waals surface area (Å²) < 4.78 is 0. The summed E-state index contributed by atoms with van der Waals surface area (Å²) >= 11 is 0. The maximum atomic E-state index is 13.7. The molecule has 0 bridgehead atoms. The van der Waals surface area contributed by atoms with Crippen molar-refractivity contribution in [1.82, 2.24) is 20.1 Å². The SMILES string of the molecule is O=C(O)[C@@H](Cc1ccccc1)NCC[C@H]1c2[nH]c3ccccc3c2C[C@H]2C(=O)N3CCC[C@H]3C(=O)N21. The molecule has 2 saturated heterocycles. The van der Waals surface area contributed by atoms with Gasteiger partial charge in [0, 0.05) is 29.6 Å². The van der Waals surface area contributed by atoms with Gasteiger partial charge in [0.2, 0.25) is 11.8 Å². The largest absolute Gasteiger partial charge is 0.480 e. The smallest absolute Gasteiger partial charge is 0.321 e. The quantitative estimate of drug-likeness (QED) is 0.476. The molecule has 1 aromatic heterocycles. The van der Waals surface area contributed by atoms with Gasteiger partial charge in [-0.25, -0.2) is 0 Å². The van der Waals surface area contributed by atoms with Crippen LogP contribution in [0.1, 0.15) is 42.1 Å². The minimum atomic E-state index is -0.905. The number of fused-ring (bicyclic) bond motifs is 5. The number of carbonyl (C=O) groups excluding carboxylic acids is 2. The van der Waals surface area contributed by atoms with Crippen LogP contribution >= 0.6 is 0 Å². The highest BCUT2D eigenvalue weighted by atomic mass is 16.4. The fourth-order valence-electron chi connectivity index (χ4n) is 6.31. The zero-order valence-corrected chi connectivity index (χ0v) is 20.0. The molecule has 3 aliphatic heterocycles. The van der Waals surface area contributed by atoms with Crippen molar-refractivity contribution in [3.8, 4) is 0 Å². The first-order valence-electron chi connectivity index (χ1n) is 12.7. The number of H-pyrrole nitrogens is 1. The Morgan fingerprint density at radius 3 is 2.64 bits per heavy atom. The number of rotatable bonds is 7. The Hall–Kier alpha value is -3.65. The molecule has 3 N–H and O–H groups in total. The average molecular weight is 487 g/mol. The van der Waals surface area contributed by atoms with E-state index >= 15 is 0 Å². The van der Waals surface area contributed by atoms with Gasteiger partial charge in [0.25, 0.3) is 0 Å². The number of nitrogens with one attached hydrogen (secondary N) is 2. The van der Waals surface area contributed by atoms with Gasteiger partial charge in [-0.3, -0.25) is 14.4 Å². The van der Waals surface area contributed by atoms with Gasteiger partial charge >= 0.3 is 5.97 Å². The Labute approximate surface area is 209 Å². The summed E-state index contributed by atoms with van der Waals surface area (Å²) in [5, 5.41) is 14.1. The first-order chi connectivity index (χ1) is 17.5. The molecular formula is C28H30N4O4. The van der Waals surface area contributed by atoms with Gasteiger partial charge in [0.15, 0.2) is 0 Å². The highest BCUT2D eigenvalue weighted by Crippen LogP contribution is 2.43. The Balaban J connectivity index is 1.29. The number of hydrogen-bond donors (Lipinski definition) is 3.